The van der Waals surface area contributed by atoms with Gasteiger partial charge in [0.2, 0.25) is 0 Å². The van der Waals surface area contributed by atoms with Crippen molar-refractivity contribution in [1.82, 2.24) is 0 Å². The molecule has 1 radical (unpaired) electrons. The van der Waals surface area contributed by atoms with E-state index < -0.39 is 0 Å². The Hall–Kier alpha value is 0.189. The van der Waals surface area contributed by atoms with Gasteiger partial charge in [-0.05, 0) is 6.92 Å². The summed E-state index contributed by atoms with van der Waals surface area (Å²) < 4.78 is 0. The van der Waals surface area contributed by atoms with Crippen molar-refractivity contribution in [3.8, 4) is 0 Å². The first-order valence-corrected chi connectivity index (χ1v) is 1.76. The predicted molar refractivity (Wildman–Crippen MR) is 21.0 cm³/mol. The predicted octanol–water partition coefficient (Wildman–Crippen LogP) is 0.983. The van der Waals surface area contributed by atoms with Crippen LogP contribution in [0.1, 0.15) is 20.3 Å². The van der Waals surface area contributed by atoms with Crippen molar-refractivity contribution in [2.24, 2.45) is 0 Å². The summed E-state index contributed by atoms with van der Waals surface area (Å²) in [7, 11) is 0. The van der Waals surface area contributed by atoms with Crippen molar-refractivity contribution < 1.29 is 21.9 Å². The van der Waals surface area contributed by atoms with Gasteiger partial charge in [0, 0.05) is 23.5 Å². The van der Waals surface area contributed by atoms with Crippen molar-refractivity contribution in [2.45, 2.75) is 20.3 Å². The van der Waals surface area contributed by atoms with E-state index >= 15 is 0 Å². The molecule has 0 N–H and O–H groups in total. The van der Waals surface area contributed by atoms with Gasteiger partial charge in [0.1, 0.15) is 5.78 Å². The number of rotatable bonds is 1. The second-order valence-electron chi connectivity index (χ2n) is 1.06. The molecule has 0 spiro atoms. The van der Waals surface area contributed by atoms with Gasteiger partial charge in [-0.1, -0.05) is 6.92 Å². The summed E-state index contributed by atoms with van der Waals surface area (Å²) in [6, 6.07) is 0. The maximum atomic E-state index is 9.81. The Morgan fingerprint density at radius 2 is 1.83 bits per heavy atom. The summed E-state index contributed by atoms with van der Waals surface area (Å²) in [5.74, 6) is 0.255. The van der Waals surface area contributed by atoms with E-state index in [-0.39, 0.29) is 22.9 Å². The van der Waals surface area contributed by atoms with E-state index in [9.17, 15) is 4.79 Å². The molecule has 2 heteroatoms. The first-order chi connectivity index (χ1) is 2.27. The van der Waals surface area contributed by atoms with Gasteiger partial charge in [0.25, 0.3) is 0 Å². The van der Waals surface area contributed by atoms with Crippen molar-refractivity contribution in [3.63, 3.8) is 0 Å². The molecule has 0 aromatic carbocycles. The fourth-order valence-electron chi connectivity index (χ4n) is 0. The van der Waals surface area contributed by atoms with Gasteiger partial charge in [-0.15, -0.1) is 0 Å². The standard InChI is InChI=1S/C4H8O.Cu/c1-3-4(2)5;/h3H2,1-2H3;. The van der Waals surface area contributed by atoms with Crippen LogP contribution >= 0.6 is 0 Å². The summed E-state index contributed by atoms with van der Waals surface area (Å²) in [5.41, 5.74) is 0. The molecule has 0 rings (SSSR count). The molecule has 0 aliphatic carbocycles. The van der Waals surface area contributed by atoms with Crippen LogP contribution in [-0.4, -0.2) is 5.78 Å². The van der Waals surface area contributed by atoms with Crippen molar-refractivity contribution in [1.29, 1.82) is 0 Å². The molecule has 0 unspecified atom stereocenters. The second-order valence-corrected chi connectivity index (χ2v) is 1.06. The number of hydrogen-bond acceptors (Lipinski definition) is 1. The number of ketones is 1. The average Bonchev–Trinajstić information content (AvgIpc) is 1.38. The number of carbonyl (C=O) groups excluding carboxylic acids is 1. The molecule has 0 aliphatic heterocycles. The van der Waals surface area contributed by atoms with Crippen LogP contribution in [0.25, 0.3) is 0 Å². The van der Waals surface area contributed by atoms with Crippen LogP contribution in [-0.2, 0) is 21.9 Å². The van der Waals surface area contributed by atoms with Gasteiger partial charge in [-0.25, -0.2) is 0 Å². The third-order valence-corrected chi connectivity index (χ3v) is 0.498. The molecule has 0 aromatic heterocycles. The minimum absolute atomic E-state index is 0. The van der Waals surface area contributed by atoms with Gasteiger partial charge in [-0.2, -0.15) is 0 Å². The molecule has 0 atom stereocenters. The molecule has 0 amide bonds. The minimum Gasteiger partial charge on any atom is -0.300 e. The van der Waals surface area contributed by atoms with Gasteiger partial charge in [-0.3, -0.25) is 0 Å². The second kappa shape index (κ2) is 5.19. The molecule has 0 saturated heterocycles. The first kappa shape index (κ1) is 9.50. The third-order valence-electron chi connectivity index (χ3n) is 0.498. The van der Waals surface area contributed by atoms with Crippen LogP contribution in [0, 0.1) is 0 Å². The fraction of sp³-hybridized carbons (Fsp3) is 0.750. The zero-order chi connectivity index (χ0) is 4.28. The van der Waals surface area contributed by atoms with Crippen molar-refractivity contribution in [2.75, 3.05) is 0 Å². The minimum atomic E-state index is 0. The number of hydrogen-bond donors (Lipinski definition) is 0. The van der Waals surface area contributed by atoms with Crippen molar-refractivity contribution >= 4 is 5.78 Å². The largest absolute Gasteiger partial charge is 0.300 e. The monoisotopic (exact) mass is 135 g/mol. The van der Waals surface area contributed by atoms with Gasteiger partial charge in [0.05, 0.1) is 0 Å². The topological polar surface area (TPSA) is 17.1 Å². The first-order valence-electron chi connectivity index (χ1n) is 1.76. The Labute approximate surface area is 48.6 Å². The third kappa shape index (κ3) is 8.89. The van der Waals surface area contributed by atoms with Crippen LogP contribution in [0.5, 0.6) is 0 Å². The molecule has 0 fully saturated rings. The number of Topliss-reactive ketones (excluding diaryl/α,β-unsaturated/α-hetero) is 1. The Bertz CT molecular complexity index is 42.8. The molecule has 0 aromatic rings. The SMILES string of the molecule is CCC(C)=O.[Cu]. The van der Waals surface area contributed by atoms with E-state index in [0.717, 1.165) is 0 Å². The van der Waals surface area contributed by atoms with E-state index in [2.05, 4.69) is 0 Å². The van der Waals surface area contributed by atoms with Crippen LogP contribution in [0.15, 0.2) is 0 Å². The molecule has 0 heterocycles. The van der Waals surface area contributed by atoms with E-state index in [1.807, 2.05) is 6.92 Å². The van der Waals surface area contributed by atoms with E-state index in [0.29, 0.717) is 6.42 Å². The Balaban J connectivity index is 0. The molecular weight excluding hydrogens is 128 g/mol. The zero-order valence-electron chi connectivity index (χ0n) is 3.92. The average molecular weight is 136 g/mol. The van der Waals surface area contributed by atoms with Gasteiger partial charge < -0.3 is 4.79 Å². The van der Waals surface area contributed by atoms with E-state index in [1.54, 1.807) is 6.92 Å². The Morgan fingerprint density at radius 1 is 1.67 bits per heavy atom. The smallest absolute Gasteiger partial charge is 0.129 e. The summed E-state index contributed by atoms with van der Waals surface area (Å²) in [6.45, 7) is 3.43. The fourth-order valence-corrected chi connectivity index (χ4v) is 0. The van der Waals surface area contributed by atoms with Crippen LogP contribution in [0.2, 0.25) is 0 Å². The molecule has 0 aliphatic rings. The van der Waals surface area contributed by atoms with Crippen LogP contribution in [0.3, 0.4) is 0 Å². The summed E-state index contributed by atoms with van der Waals surface area (Å²) in [4.78, 5) is 9.81. The Kier molecular flexibility index (Phi) is 8.21. The van der Waals surface area contributed by atoms with Crippen LogP contribution < -0.4 is 0 Å². The van der Waals surface area contributed by atoms with E-state index in [4.69, 9.17) is 0 Å². The summed E-state index contributed by atoms with van der Waals surface area (Å²) in [5, 5.41) is 0. The van der Waals surface area contributed by atoms with Crippen molar-refractivity contribution in [3.05, 3.63) is 0 Å². The molecule has 1 nitrogen and oxygen atoms in total. The molecule has 0 bridgehead atoms. The normalized spacial score (nSPS) is 6.33. The van der Waals surface area contributed by atoms with Gasteiger partial charge >= 0.3 is 0 Å². The molecule has 6 heavy (non-hydrogen) atoms. The van der Waals surface area contributed by atoms with Gasteiger partial charge in [0.15, 0.2) is 0 Å². The quantitative estimate of drug-likeness (QED) is 0.490. The summed E-state index contributed by atoms with van der Waals surface area (Å²) in [6.07, 6.45) is 0.667. The molecule has 41 valence electrons. The summed E-state index contributed by atoms with van der Waals surface area (Å²) >= 11 is 0. The maximum Gasteiger partial charge on any atom is 0.129 e. The molecule has 0 saturated carbocycles. The van der Waals surface area contributed by atoms with E-state index in [1.165, 1.54) is 0 Å². The number of carbonyl (C=O) groups is 1. The molecular formula is C4H8CuO. The Morgan fingerprint density at radius 3 is 1.83 bits per heavy atom. The zero-order valence-corrected chi connectivity index (χ0v) is 4.86. The van der Waals surface area contributed by atoms with Crippen LogP contribution in [0.4, 0.5) is 0 Å². The maximum absolute atomic E-state index is 9.81.